The summed E-state index contributed by atoms with van der Waals surface area (Å²) in [5, 5.41) is 9.87. The second-order valence-corrected chi connectivity index (χ2v) is 6.84. The lowest BCUT2D eigenvalue weighted by molar-refractivity contribution is 0.116. The Balaban J connectivity index is 1.75. The minimum Gasteiger partial charge on any atom is -0.508 e. The topological polar surface area (TPSA) is 41.3 Å². The van der Waals surface area contributed by atoms with Gasteiger partial charge in [0.25, 0.3) is 0 Å². The van der Waals surface area contributed by atoms with E-state index in [4.69, 9.17) is 4.98 Å². The summed E-state index contributed by atoms with van der Waals surface area (Å²) >= 11 is 0. The fourth-order valence-corrected chi connectivity index (χ4v) is 4.04. The van der Waals surface area contributed by atoms with Crippen LogP contribution >= 0.6 is 0 Å². The van der Waals surface area contributed by atoms with E-state index in [9.17, 15) is 5.11 Å². The standard InChI is InChI=1S/C18H25N3O/c1-2-4-14-12-20(13-5-3-6-13)10-9-18-19-16-8-7-15(22)11-17(16)21(14)18/h7-8,11,13-14,22H,2-6,9-10,12H2,1H3. The van der Waals surface area contributed by atoms with Gasteiger partial charge in [0.1, 0.15) is 11.6 Å². The van der Waals surface area contributed by atoms with Crippen molar-refractivity contribution in [2.24, 2.45) is 0 Å². The molecule has 1 atom stereocenters. The van der Waals surface area contributed by atoms with Crippen LogP contribution < -0.4 is 0 Å². The van der Waals surface area contributed by atoms with Gasteiger partial charge in [0, 0.05) is 37.7 Å². The van der Waals surface area contributed by atoms with Gasteiger partial charge in [-0.15, -0.1) is 0 Å². The number of hydrogen-bond acceptors (Lipinski definition) is 3. The van der Waals surface area contributed by atoms with Gasteiger partial charge in [-0.3, -0.25) is 4.90 Å². The molecule has 1 aromatic heterocycles. The van der Waals surface area contributed by atoms with Gasteiger partial charge in [0.2, 0.25) is 0 Å². The van der Waals surface area contributed by atoms with Gasteiger partial charge >= 0.3 is 0 Å². The van der Waals surface area contributed by atoms with E-state index in [0.717, 1.165) is 36.6 Å². The molecule has 0 spiro atoms. The molecule has 22 heavy (non-hydrogen) atoms. The Morgan fingerprint density at radius 2 is 2.18 bits per heavy atom. The summed E-state index contributed by atoms with van der Waals surface area (Å²) in [5.74, 6) is 1.53. The molecule has 0 radical (unpaired) electrons. The van der Waals surface area contributed by atoms with Gasteiger partial charge in [-0.2, -0.15) is 0 Å². The van der Waals surface area contributed by atoms with Crippen LogP contribution in [0.15, 0.2) is 18.2 Å². The summed E-state index contributed by atoms with van der Waals surface area (Å²) < 4.78 is 2.41. The summed E-state index contributed by atoms with van der Waals surface area (Å²) in [6.45, 7) is 4.52. The molecule has 1 aromatic carbocycles. The number of hydrogen-bond donors (Lipinski definition) is 1. The summed E-state index contributed by atoms with van der Waals surface area (Å²) in [7, 11) is 0. The first-order valence-electron chi connectivity index (χ1n) is 8.70. The fraction of sp³-hybridized carbons (Fsp3) is 0.611. The summed E-state index contributed by atoms with van der Waals surface area (Å²) in [6, 6.07) is 6.84. The first kappa shape index (κ1) is 14.1. The summed E-state index contributed by atoms with van der Waals surface area (Å²) in [6.07, 6.45) is 7.50. The molecule has 1 saturated carbocycles. The van der Waals surface area contributed by atoms with Gasteiger partial charge in [-0.1, -0.05) is 19.8 Å². The molecule has 4 nitrogen and oxygen atoms in total. The lowest BCUT2D eigenvalue weighted by atomic mass is 9.91. The molecule has 4 rings (SSSR count). The number of rotatable bonds is 3. The van der Waals surface area contributed by atoms with Crippen LogP contribution in [0.5, 0.6) is 5.75 Å². The number of nitrogens with zero attached hydrogens (tertiary/aromatic N) is 3. The molecule has 0 amide bonds. The molecule has 1 aliphatic carbocycles. The average Bonchev–Trinajstić information content (AvgIpc) is 2.70. The number of phenols is 1. The number of phenolic OH excluding ortho intramolecular Hbond substituents is 1. The van der Waals surface area contributed by atoms with Crippen LogP contribution in [0.1, 0.15) is 50.9 Å². The number of benzene rings is 1. The third-order valence-electron chi connectivity index (χ3n) is 5.39. The number of fused-ring (bicyclic) bond motifs is 3. The Labute approximate surface area is 131 Å². The van der Waals surface area contributed by atoms with Gasteiger partial charge in [0.15, 0.2) is 0 Å². The minimum absolute atomic E-state index is 0.338. The molecule has 1 aliphatic heterocycles. The zero-order valence-corrected chi connectivity index (χ0v) is 13.3. The highest BCUT2D eigenvalue weighted by Gasteiger charge is 2.31. The predicted octanol–water partition coefficient (Wildman–Crippen LogP) is 3.49. The first-order valence-corrected chi connectivity index (χ1v) is 8.70. The van der Waals surface area contributed by atoms with Gasteiger partial charge in [0.05, 0.1) is 11.0 Å². The van der Waals surface area contributed by atoms with Crippen molar-refractivity contribution in [1.29, 1.82) is 0 Å². The molecule has 4 heteroatoms. The third kappa shape index (κ3) is 2.30. The summed E-state index contributed by atoms with van der Waals surface area (Å²) in [4.78, 5) is 7.54. The monoisotopic (exact) mass is 299 g/mol. The molecule has 118 valence electrons. The van der Waals surface area contributed by atoms with E-state index < -0.39 is 0 Å². The van der Waals surface area contributed by atoms with E-state index in [0.29, 0.717) is 11.8 Å². The van der Waals surface area contributed by atoms with Crippen molar-refractivity contribution in [3.8, 4) is 5.75 Å². The highest BCUT2D eigenvalue weighted by atomic mass is 16.3. The quantitative estimate of drug-likeness (QED) is 0.943. The smallest absolute Gasteiger partial charge is 0.117 e. The molecule has 1 fully saturated rings. The van der Waals surface area contributed by atoms with E-state index in [1.807, 2.05) is 12.1 Å². The van der Waals surface area contributed by atoms with Crippen LogP contribution in [-0.4, -0.2) is 38.7 Å². The molecule has 1 N–H and O–H groups in total. The van der Waals surface area contributed by atoms with Gasteiger partial charge in [-0.05, 0) is 31.4 Å². The molecule has 2 aromatic rings. The van der Waals surface area contributed by atoms with Crippen LogP contribution in [0, 0.1) is 0 Å². The van der Waals surface area contributed by atoms with Crippen LogP contribution in [0.3, 0.4) is 0 Å². The van der Waals surface area contributed by atoms with Crippen molar-refractivity contribution in [2.45, 2.75) is 57.5 Å². The maximum absolute atomic E-state index is 9.87. The van der Waals surface area contributed by atoms with E-state index in [-0.39, 0.29) is 0 Å². The average molecular weight is 299 g/mol. The first-order chi connectivity index (χ1) is 10.8. The molecule has 1 unspecified atom stereocenters. The lowest BCUT2D eigenvalue weighted by Gasteiger charge is -2.38. The van der Waals surface area contributed by atoms with E-state index in [1.165, 1.54) is 37.9 Å². The number of imidazole rings is 1. The Bertz CT molecular complexity index is 674. The zero-order valence-electron chi connectivity index (χ0n) is 13.3. The molecule has 0 bridgehead atoms. The largest absolute Gasteiger partial charge is 0.508 e. The van der Waals surface area contributed by atoms with E-state index in [1.54, 1.807) is 6.07 Å². The molecule has 2 heterocycles. The predicted molar refractivity (Wildman–Crippen MR) is 88.3 cm³/mol. The zero-order chi connectivity index (χ0) is 15.1. The SMILES string of the molecule is CCCC1CN(C2CCC2)CCc2nc3ccc(O)cc3n21. The van der Waals surface area contributed by atoms with Gasteiger partial charge in [-0.25, -0.2) is 4.98 Å². The minimum atomic E-state index is 0.338. The molecular formula is C18H25N3O. The maximum atomic E-state index is 9.87. The van der Waals surface area contributed by atoms with Crippen molar-refractivity contribution in [3.63, 3.8) is 0 Å². The maximum Gasteiger partial charge on any atom is 0.117 e. The van der Waals surface area contributed by atoms with Crippen molar-refractivity contribution >= 4 is 11.0 Å². The van der Waals surface area contributed by atoms with Gasteiger partial charge < -0.3 is 9.67 Å². The van der Waals surface area contributed by atoms with Crippen molar-refractivity contribution in [1.82, 2.24) is 14.5 Å². The van der Waals surface area contributed by atoms with E-state index in [2.05, 4.69) is 16.4 Å². The molecular weight excluding hydrogens is 274 g/mol. The number of aromatic hydroxyl groups is 1. The highest BCUT2D eigenvalue weighted by molar-refractivity contribution is 5.78. The van der Waals surface area contributed by atoms with Crippen LogP contribution in [0.2, 0.25) is 0 Å². The van der Waals surface area contributed by atoms with Crippen LogP contribution in [0.25, 0.3) is 11.0 Å². The highest BCUT2D eigenvalue weighted by Crippen LogP contribution is 2.33. The van der Waals surface area contributed by atoms with Crippen LogP contribution in [0.4, 0.5) is 0 Å². The normalized spacial score (nSPS) is 23.2. The van der Waals surface area contributed by atoms with Crippen molar-refractivity contribution in [2.75, 3.05) is 13.1 Å². The van der Waals surface area contributed by atoms with E-state index >= 15 is 0 Å². The Kier molecular flexibility index (Phi) is 3.57. The lowest BCUT2D eigenvalue weighted by Crippen LogP contribution is -2.42. The Morgan fingerprint density at radius 1 is 1.32 bits per heavy atom. The summed E-state index contributed by atoms with van der Waals surface area (Å²) in [5.41, 5.74) is 2.12. The van der Waals surface area contributed by atoms with Crippen molar-refractivity contribution in [3.05, 3.63) is 24.0 Å². The second kappa shape index (κ2) is 5.58. The molecule has 0 saturated heterocycles. The molecule has 2 aliphatic rings. The number of aromatic nitrogens is 2. The van der Waals surface area contributed by atoms with Crippen LogP contribution in [-0.2, 0) is 6.42 Å². The Hall–Kier alpha value is -1.55. The fourth-order valence-electron chi connectivity index (χ4n) is 4.04. The second-order valence-electron chi connectivity index (χ2n) is 6.84. The van der Waals surface area contributed by atoms with Crippen molar-refractivity contribution < 1.29 is 5.11 Å². The Morgan fingerprint density at radius 3 is 2.91 bits per heavy atom. The third-order valence-corrected chi connectivity index (χ3v) is 5.39.